The van der Waals surface area contributed by atoms with Crippen molar-refractivity contribution in [3.63, 3.8) is 0 Å². The van der Waals surface area contributed by atoms with Crippen LogP contribution in [-0.4, -0.2) is 14.0 Å². The molecule has 8 heteroatoms. The third-order valence-electron chi connectivity index (χ3n) is 2.77. The number of sulfonamides is 1. The van der Waals surface area contributed by atoms with Crippen molar-refractivity contribution in [1.29, 1.82) is 0 Å². The van der Waals surface area contributed by atoms with Gasteiger partial charge >= 0.3 is 6.18 Å². The Kier molecular flexibility index (Phi) is 4.99. The van der Waals surface area contributed by atoms with Crippen molar-refractivity contribution in [3.05, 3.63) is 29.1 Å². The molecular formula is C14H19F4NO2S. The number of nitrogens with one attached hydrogen (secondary N) is 1. The van der Waals surface area contributed by atoms with Crippen molar-refractivity contribution in [1.82, 2.24) is 4.72 Å². The molecule has 0 aliphatic heterocycles. The SMILES string of the molecule is CC(C)c1ccc(S(=O)(=O)NC(C)(C)C)c(C(F)(F)F)c1F. The van der Waals surface area contributed by atoms with Gasteiger partial charge in [-0.2, -0.15) is 13.2 Å². The predicted octanol–water partition coefficient (Wildman–Crippen LogP) is 4.04. The third-order valence-corrected chi connectivity index (χ3v) is 4.57. The molecule has 1 N–H and O–H groups in total. The molecule has 0 saturated heterocycles. The molecule has 0 atom stereocenters. The van der Waals surface area contributed by atoms with Gasteiger partial charge in [0.25, 0.3) is 0 Å². The highest BCUT2D eigenvalue weighted by molar-refractivity contribution is 7.89. The molecule has 0 fully saturated rings. The zero-order valence-corrected chi connectivity index (χ0v) is 13.8. The van der Waals surface area contributed by atoms with Crippen molar-refractivity contribution >= 4 is 10.0 Å². The molecular weight excluding hydrogens is 322 g/mol. The second-order valence-corrected chi connectivity index (χ2v) is 8.00. The molecule has 22 heavy (non-hydrogen) atoms. The molecule has 1 aromatic carbocycles. The fraction of sp³-hybridized carbons (Fsp3) is 0.571. The van der Waals surface area contributed by atoms with Gasteiger partial charge in [-0.25, -0.2) is 17.5 Å². The first kappa shape index (κ1) is 18.9. The topological polar surface area (TPSA) is 46.2 Å². The summed E-state index contributed by atoms with van der Waals surface area (Å²) in [6.07, 6.45) is -5.11. The van der Waals surface area contributed by atoms with E-state index < -0.39 is 43.9 Å². The van der Waals surface area contributed by atoms with E-state index in [-0.39, 0.29) is 5.56 Å². The van der Waals surface area contributed by atoms with E-state index in [1.54, 1.807) is 0 Å². The normalized spacial score (nSPS) is 13.7. The van der Waals surface area contributed by atoms with Crippen LogP contribution in [0.4, 0.5) is 17.6 Å². The minimum atomic E-state index is -5.11. The summed E-state index contributed by atoms with van der Waals surface area (Å²) in [5.74, 6) is -2.05. The summed E-state index contributed by atoms with van der Waals surface area (Å²) in [6.45, 7) is 7.50. The fourth-order valence-electron chi connectivity index (χ4n) is 1.97. The lowest BCUT2D eigenvalue weighted by Crippen LogP contribution is -2.41. The Balaban J connectivity index is 3.67. The molecule has 0 radical (unpaired) electrons. The summed E-state index contributed by atoms with van der Waals surface area (Å²) >= 11 is 0. The van der Waals surface area contributed by atoms with Crippen LogP contribution in [0.2, 0.25) is 0 Å². The van der Waals surface area contributed by atoms with Crippen LogP contribution in [0.15, 0.2) is 17.0 Å². The zero-order chi connectivity index (χ0) is 17.5. The number of alkyl halides is 3. The zero-order valence-electron chi connectivity index (χ0n) is 13.0. The summed E-state index contributed by atoms with van der Waals surface area (Å²) in [4.78, 5) is -1.10. The van der Waals surface area contributed by atoms with Gasteiger partial charge in [-0.3, -0.25) is 0 Å². The summed E-state index contributed by atoms with van der Waals surface area (Å²) in [6, 6.07) is 1.88. The highest BCUT2D eigenvalue weighted by atomic mass is 32.2. The van der Waals surface area contributed by atoms with Crippen molar-refractivity contribution < 1.29 is 26.0 Å². The lowest BCUT2D eigenvalue weighted by molar-refractivity contribution is -0.142. The van der Waals surface area contributed by atoms with Gasteiger partial charge in [0, 0.05) is 5.54 Å². The first-order chi connectivity index (χ1) is 9.67. The van der Waals surface area contributed by atoms with E-state index in [0.717, 1.165) is 12.1 Å². The molecule has 0 aliphatic carbocycles. The molecule has 1 rings (SSSR count). The molecule has 0 unspecified atom stereocenters. The Labute approximate surface area is 127 Å². The smallest absolute Gasteiger partial charge is 0.207 e. The summed E-state index contributed by atoms with van der Waals surface area (Å²) in [7, 11) is -4.51. The van der Waals surface area contributed by atoms with Crippen LogP contribution >= 0.6 is 0 Å². The summed E-state index contributed by atoms with van der Waals surface area (Å²) in [5.41, 5.74) is -2.92. The lowest BCUT2D eigenvalue weighted by atomic mass is 9.99. The first-order valence-electron chi connectivity index (χ1n) is 6.60. The standard InChI is InChI=1S/C14H19F4NO2S/c1-8(2)9-6-7-10(11(12(9)15)14(16,17)18)22(20,21)19-13(3,4)5/h6-8,19H,1-5H3. The third kappa shape index (κ3) is 4.19. The second-order valence-electron chi connectivity index (χ2n) is 6.35. The molecule has 126 valence electrons. The highest BCUT2D eigenvalue weighted by Crippen LogP contribution is 2.39. The number of halogens is 4. The van der Waals surface area contributed by atoms with E-state index in [1.807, 2.05) is 0 Å². The van der Waals surface area contributed by atoms with Crippen molar-refractivity contribution in [2.24, 2.45) is 0 Å². The molecule has 0 spiro atoms. The Morgan fingerprint density at radius 3 is 1.95 bits per heavy atom. The van der Waals surface area contributed by atoms with E-state index in [4.69, 9.17) is 0 Å². The van der Waals surface area contributed by atoms with Gasteiger partial charge in [-0.15, -0.1) is 0 Å². The lowest BCUT2D eigenvalue weighted by Gasteiger charge is -2.23. The Hall–Kier alpha value is -1.15. The van der Waals surface area contributed by atoms with Crippen LogP contribution in [0.3, 0.4) is 0 Å². The van der Waals surface area contributed by atoms with Crippen LogP contribution in [0, 0.1) is 5.82 Å². The first-order valence-corrected chi connectivity index (χ1v) is 8.08. The maximum absolute atomic E-state index is 14.2. The predicted molar refractivity (Wildman–Crippen MR) is 75.6 cm³/mol. The van der Waals surface area contributed by atoms with Gasteiger partial charge in [-0.05, 0) is 38.3 Å². The number of hydrogen-bond donors (Lipinski definition) is 1. The minimum absolute atomic E-state index is 0.179. The van der Waals surface area contributed by atoms with Gasteiger partial charge < -0.3 is 0 Å². The summed E-state index contributed by atoms with van der Waals surface area (Å²) in [5, 5.41) is 0. The van der Waals surface area contributed by atoms with E-state index in [9.17, 15) is 26.0 Å². The van der Waals surface area contributed by atoms with E-state index in [0.29, 0.717) is 0 Å². The molecule has 0 amide bonds. The van der Waals surface area contributed by atoms with Crippen LogP contribution in [-0.2, 0) is 16.2 Å². The molecule has 0 aromatic heterocycles. The molecule has 1 aromatic rings. The molecule has 0 saturated carbocycles. The van der Waals surface area contributed by atoms with Crippen molar-refractivity contribution in [3.8, 4) is 0 Å². The van der Waals surface area contributed by atoms with Crippen molar-refractivity contribution in [2.75, 3.05) is 0 Å². The van der Waals surface area contributed by atoms with E-state index in [1.165, 1.54) is 34.6 Å². The maximum Gasteiger partial charge on any atom is 0.420 e. The van der Waals surface area contributed by atoms with Crippen LogP contribution < -0.4 is 4.72 Å². The molecule has 0 bridgehead atoms. The Morgan fingerprint density at radius 1 is 1.09 bits per heavy atom. The highest BCUT2D eigenvalue weighted by Gasteiger charge is 2.42. The van der Waals surface area contributed by atoms with Gasteiger partial charge in [0.05, 0.1) is 4.90 Å². The van der Waals surface area contributed by atoms with Gasteiger partial charge in [0.15, 0.2) is 0 Å². The molecule has 0 aliphatic rings. The monoisotopic (exact) mass is 341 g/mol. The van der Waals surface area contributed by atoms with Crippen molar-refractivity contribution in [2.45, 2.75) is 57.1 Å². The summed E-state index contributed by atoms with van der Waals surface area (Å²) < 4.78 is 80.2. The van der Waals surface area contributed by atoms with E-state index >= 15 is 0 Å². The van der Waals surface area contributed by atoms with Crippen LogP contribution in [0.5, 0.6) is 0 Å². The van der Waals surface area contributed by atoms with Gasteiger partial charge in [-0.1, -0.05) is 19.9 Å². The Morgan fingerprint density at radius 2 is 1.59 bits per heavy atom. The fourth-order valence-corrected chi connectivity index (χ4v) is 3.60. The van der Waals surface area contributed by atoms with Gasteiger partial charge in [0.1, 0.15) is 11.4 Å². The average molecular weight is 341 g/mol. The largest absolute Gasteiger partial charge is 0.420 e. The average Bonchev–Trinajstić information content (AvgIpc) is 2.22. The quantitative estimate of drug-likeness (QED) is 0.843. The Bertz CT molecular complexity index is 659. The second kappa shape index (κ2) is 5.81. The number of hydrogen-bond acceptors (Lipinski definition) is 2. The maximum atomic E-state index is 14.2. The molecule has 3 nitrogen and oxygen atoms in total. The molecule has 0 heterocycles. The minimum Gasteiger partial charge on any atom is -0.207 e. The number of rotatable bonds is 3. The van der Waals surface area contributed by atoms with Crippen LogP contribution in [0.1, 0.15) is 51.7 Å². The van der Waals surface area contributed by atoms with E-state index in [2.05, 4.69) is 4.72 Å². The van der Waals surface area contributed by atoms with Crippen LogP contribution in [0.25, 0.3) is 0 Å². The van der Waals surface area contributed by atoms with Gasteiger partial charge in [0.2, 0.25) is 10.0 Å². The number of benzene rings is 1.